The van der Waals surface area contributed by atoms with Crippen LogP contribution in [0.15, 0.2) is 34.8 Å². The maximum Gasteiger partial charge on any atom is 0.294 e. The molecule has 0 saturated carbocycles. The normalized spacial score (nSPS) is 27.0. The fourth-order valence-electron chi connectivity index (χ4n) is 5.78. The van der Waals surface area contributed by atoms with Crippen LogP contribution >= 0.6 is 0 Å². The molecule has 0 spiro atoms. The molecule has 0 heterocycles. The second-order valence-corrected chi connectivity index (χ2v) is 9.98. The van der Waals surface area contributed by atoms with Crippen LogP contribution in [-0.2, 0) is 20.8 Å². The number of hydrogen-bond acceptors (Lipinski definition) is 10. The number of phenols is 1. The Morgan fingerprint density at radius 1 is 1.05 bits per heavy atom. The van der Waals surface area contributed by atoms with Gasteiger partial charge in [0.05, 0.1) is 11.6 Å². The van der Waals surface area contributed by atoms with E-state index in [9.17, 15) is 44.4 Å². The zero-order chi connectivity index (χ0) is 27.7. The van der Waals surface area contributed by atoms with Crippen LogP contribution in [0.25, 0.3) is 0 Å². The second-order valence-electron chi connectivity index (χ2n) is 9.98. The van der Waals surface area contributed by atoms with Crippen LogP contribution in [0.3, 0.4) is 0 Å². The van der Waals surface area contributed by atoms with E-state index in [1.54, 1.807) is 0 Å². The fourth-order valence-corrected chi connectivity index (χ4v) is 5.78. The highest BCUT2D eigenvalue weighted by atomic mass is 16.3. The third-order valence-electron chi connectivity index (χ3n) is 7.45. The highest BCUT2D eigenvalue weighted by Gasteiger charge is 2.63. The molecule has 12 nitrogen and oxygen atoms in total. The summed E-state index contributed by atoms with van der Waals surface area (Å²) < 4.78 is 0. The monoisotopic (exact) mass is 513 g/mol. The Labute approximate surface area is 211 Å². The number of amides is 2. The Kier molecular flexibility index (Phi) is 6.00. The molecule has 0 aromatic heterocycles. The molecule has 1 aromatic rings. The number of ketones is 3. The van der Waals surface area contributed by atoms with Crippen LogP contribution in [0.1, 0.15) is 32.7 Å². The van der Waals surface area contributed by atoms with Crippen molar-refractivity contribution in [1.82, 2.24) is 9.80 Å². The van der Waals surface area contributed by atoms with Crippen molar-refractivity contribution in [2.24, 2.45) is 17.6 Å². The molecule has 4 rings (SSSR count). The Bertz CT molecular complexity index is 1360. The van der Waals surface area contributed by atoms with Crippen LogP contribution in [0.5, 0.6) is 5.75 Å². The molecule has 0 radical (unpaired) electrons. The molecule has 3 aliphatic carbocycles. The van der Waals surface area contributed by atoms with Gasteiger partial charge in [-0.3, -0.25) is 28.9 Å². The van der Waals surface area contributed by atoms with E-state index in [-0.39, 0.29) is 35.1 Å². The summed E-state index contributed by atoms with van der Waals surface area (Å²) in [6, 6.07) is 1.18. The summed E-state index contributed by atoms with van der Waals surface area (Å²) in [5.41, 5.74) is 0.966. The Morgan fingerprint density at radius 3 is 2.22 bits per heavy atom. The number of aliphatic hydroxyl groups is 3. The summed E-state index contributed by atoms with van der Waals surface area (Å²) in [6.07, 6.45) is -0.221. The molecule has 2 amide bonds. The number of fused-ring (bicyclic) bond motifs is 3. The Balaban J connectivity index is 1.95. The number of phenolic OH excluding ortho intramolecular Hbond substituents is 1. The van der Waals surface area contributed by atoms with Crippen LogP contribution in [0, 0.1) is 11.8 Å². The number of benzene rings is 1. The van der Waals surface area contributed by atoms with E-state index in [0.29, 0.717) is 0 Å². The number of likely N-dealkylation sites (N-methyl/N-ethyl adjacent to an activating group) is 2. The third-order valence-corrected chi connectivity index (χ3v) is 7.45. The number of rotatable bonds is 4. The lowest BCUT2D eigenvalue weighted by molar-refractivity contribution is -0.148. The van der Waals surface area contributed by atoms with Gasteiger partial charge in [0, 0.05) is 31.1 Å². The minimum absolute atomic E-state index is 0.0925. The number of Topliss-reactive ketones (excluding diaryl/α,β-unsaturated/α-hetero) is 3. The van der Waals surface area contributed by atoms with E-state index in [1.807, 2.05) is 0 Å². The predicted octanol–water partition coefficient (Wildman–Crippen LogP) is -0.608. The number of aliphatic hydroxyl groups excluding tert-OH is 2. The zero-order valence-electron chi connectivity index (χ0n) is 20.6. The first-order chi connectivity index (χ1) is 17.2. The van der Waals surface area contributed by atoms with Crippen LogP contribution in [0.4, 0.5) is 0 Å². The van der Waals surface area contributed by atoms with E-state index in [0.717, 1.165) is 11.0 Å². The Hall–Kier alpha value is -4.03. The molecular weight excluding hydrogens is 486 g/mol. The molecule has 37 heavy (non-hydrogen) atoms. The quantitative estimate of drug-likeness (QED) is 0.197. The van der Waals surface area contributed by atoms with Gasteiger partial charge in [0.25, 0.3) is 17.6 Å². The molecule has 0 fully saturated rings. The lowest BCUT2D eigenvalue weighted by Crippen LogP contribution is -2.63. The summed E-state index contributed by atoms with van der Waals surface area (Å²) >= 11 is 0. The van der Waals surface area contributed by atoms with Gasteiger partial charge in [0.2, 0.25) is 5.78 Å². The number of carbonyl (C=O) groups excluding carboxylic acids is 5. The molecule has 196 valence electrons. The number of primary amides is 1. The smallest absolute Gasteiger partial charge is 0.294 e. The van der Waals surface area contributed by atoms with E-state index >= 15 is 0 Å². The van der Waals surface area contributed by atoms with Crippen LogP contribution < -0.4 is 5.73 Å². The van der Waals surface area contributed by atoms with Crippen molar-refractivity contribution >= 4 is 29.2 Å². The van der Waals surface area contributed by atoms with E-state index in [1.165, 1.54) is 39.2 Å². The number of allylic oxidation sites excluding steroid dienone is 1. The van der Waals surface area contributed by atoms with Crippen molar-refractivity contribution in [3.05, 3.63) is 51.5 Å². The molecule has 4 atom stereocenters. The molecule has 6 N–H and O–H groups in total. The summed E-state index contributed by atoms with van der Waals surface area (Å²) in [6.45, 7) is 0. The van der Waals surface area contributed by atoms with E-state index in [2.05, 4.69) is 0 Å². The minimum atomic E-state index is -2.76. The first-order valence-electron chi connectivity index (χ1n) is 11.4. The number of nitrogens with two attached hydrogens (primary N) is 1. The van der Waals surface area contributed by atoms with Gasteiger partial charge in [0.15, 0.2) is 11.4 Å². The first kappa shape index (κ1) is 26.0. The van der Waals surface area contributed by atoms with Gasteiger partial charge >= 0.3 is 0 Å². The fraction of sp³-hybridized carbons (Fsp3) is 0.400. The van der Waals surface area contributed by atoms with Crippen molar-refractivity contribution in [1.29, 1.82) is 0 Å². The summed E-state index contributed by atoms with van der Waals surface area (Å²) in [4.78, 5) is 66.7. The zero-order valence-corrected chi connectivity index (χ0v) is 20.6. The van der Waals surface area contributed by atoms with Gasteiger partial charge in [-0.15, -0.1) is 0 Å². The molecule has 0 bridgehead atoms. The number of aromatic hydroxyl groups is 1. The van der Waals surface area contributed by atoms with Gasteiger partial charge in [-0.25, -0.2) is 0 Å². The van der Waals surface area contributed by atoms with Crippen molar-refractivity contribution in [3.63, 3.8) is 0 Å². The van der Waals surface area contributed by atoms with Gasteiger partial charge in [-0.1, -0.05) is 0 Å². The SMILES string of the molecule is CN(C)C(=O)C(=O)c1ccc(O)c2c1CC1CC3C(N(C)C)C(O)=C(C(N)=O)C(=O)C3(O)C(O)=C1C2=O. The van der Waals surface area contributed by atoms with Gasteiger partial charge in [-0.05, 0) is 50.6 Å². The third kappa shape index (κ3) is 3.47. The Morgan fingerprint density at radius 2 is 1.68 bits per heavy atom. The summed E-state index contributed by atoms with van der Waals surface area (Å²) in [5, 5.41) is 44.1. The first-order valence-corrected chi connectivity index (χ1v) is 11.4. The number of carbonyl (C=O) groups is 5. The molecule has 3 aliphatic rings. The predicted molar refractivity (Wildman–Crippen MR) is 127 cm³/mol. The molecular formula is C25H27N3O9. The lowest BCUT2D eigenvalue weighted by Gasteiger charge is -2.50. The topological polar surface area (TPSA) is 199 Å². The van der Waals surface area contributed by atoms with Gasteiger partial charge in [-0.2, -0.15) is 0 Å². The van der Waals surface area contributed by atoms with Crippen molar-refractivity contribution in [3.8, 4) is 5.75 Å². The minimum Gasteiger partial charge on any atom is -0.510 e. The van der Waals surface area contributed by atoms with Gasteiger partial charge in [0.1, 0.15) is 22.8 Å². The largest absolute Gasteiger partial charge is 0.510 e. The molecule has 1 aromatic carbocycles. The molecule has 4 unspecified atom stereocenters. The summed E-state index contributed by atoms with van der Waals surface area (Å²) in [5.74, 6) is -9.58. The highest BCUT2D eigenvalue weighted by molar-refractivity contribution is 6.43. The van der Waals surface area contributed by atoms with E-state index in [4.69, 9.17) is 5.73 Å². The van der Waals surface area contributed by atoms with E-state index < -0.39 is 75.5 Å². The molecule has 0 aliphatic heterocycles. The van der Waals surface area contributed by atoms with Gasteiger partial charge < -0.3 is 31.1 Å². The van der Waals surface area contributed by atoms with Crippen molar-refractivity contribution in [2.45, 2.75) is 24.5 Å². The number of nitrogens with zero attached hydrogens (tertiary/aromatic N) is 2. The average Bonchev–Trinajstić information content (AvgIpc) is 2.80. The standard InChI is InChI=1S/C25H27N3O9/c1-27(2)17-12-8-9-7-11-10(18(30)24(36)28(3)4)5-6-13(29)15(11)19(31)14(9)21(33)25(12,37)22(34)16(20(17)32)23(26)35/h5-6,9,12,17,29,32-33,37H,7-8H2,1-4H3,(H2,26,35). The second kappa shape index (κ2) is 8.53. The van der Waals surface area contributed by atoms with Crippen LogP contribution in [0.2, 0.25) is 0 Å². The highest BCUT2D eigenvalue weighted by Crippen LogP contribution is 2.52. The number of hydrogen-bond donors (Lipinski definition) is 5. The molecule has 12 heteroatoms. The van der Waals surface area contributed by atoms with Crippen molar-refractivity contribution in [2.75, 3.05) is 28.2 Å². The average molecular weight is 514 g/mol. The van der Waals surface area contributed by atoms with Crippen molar-refractivity contribution < 1.29 is 44.4 Å². The lowest BCUT2D eigenvalue weighted by atomic mass is 9.58. The summed E-state index contributed by atoms with van der Waals surface area (Å²) in [7, 11) is 5.83. The maximum absolute atomic E-state index is 13.6. The maximum atomic E-state index is 13.6. The van der Waals surface area contributed by atoms with Crippen LogP contribution in [-0.4, -0.2) is 99.2 Å². The molecule has 0 saturated heterocycles.